The second-order valence-corrected chi connectivity index (χ2v) is 8.17. The molecular weight excluding hydrogens is 437 g/mol. The average molecular weight is 459 g/mol. The van der Waals surface area contributed by atoms with E-state index in [9.17, 15) is 18.0 Å². The van der Waals surface area contributed by atoms with Gasteiger partial charge in [-0.3, -0.25) is 9.69 Å². The standard InChI is InChI=1S/C20H22ClF3N4OS/c1-13(19(29)26-16-5-3-4-6-17(16)30-2)27-7-9-28(10-8-27)18-15(21)11-14(12-25-18)20(22,23)24/h3-6,11-13H,7-10H2,1-2H3,(H,26,29). The number of pyridine rings is 1. The van der Waals surface area contributed by atoms with Crippen molar-refractivity contribution in [3.8, 4) is 0 Å². The van der Waals surface area contributed by atoms with Crippen LogP contribution in [0.4, 0.5) is 24.7 Å². The number of hydrogen-bond donors (Lipinski definition) is 1. The molecular formula is C20H22ClF3N4OS. The fourth-order valence-electron chi connectivity index (χ4n) is 3.29. The van der Waals surface area contributed by atoms with E-state index in [2.05, 4.69) is 10.3 Å². The van der Waals surface area contributed by atoms with E-state index in [1.54, 1.807) is 11.8 Å². The van der Waals surface area contributed by atoms with Gasteiger partial charge in [0.25, 0.3) is 0 Å². The van der Waals surface area contributed by atoms with Crippen LogP contribution in [0.5, 0.6) is 0 Å². The van der Waals surface area contributed by atoms with Gasteiger partial charge in [-0.1, -0.05) is 23.7 Å². The summed E-state index contributed by atoms with van der Waals surface area (Å²) in [5, 5.41) is 2.95. The van der Waals surface area contributed by atoms with Gasteiger partial charge in [-0.05, 0) is 31.4 Å². The largest absolute Gasteiger partial charge is 0.417 e. The minimum atomic E-state index is -4.48. The molecule has 1 amide bonds. The van der Waals surface area contributed by atoms with Crippen molar-refractivity contribution in [1.29, 1.82) is 0 Å². The molecule has 1 aromatic carbocycles. The number of hydrogen-bond acceptors (Lipinski definition) is 5. The summed E-state index contributed by atoms with van der Waals surface area (Å²) in [6.07, 6.45) is -1.73. The smallest absolute Gasteiger partial charge is 0.353 e. The lowest BCUT2D eigenvalue weighted by Gasteiger charge is -2.38. The van der Waals surface area contributed by atoms with Gasteiger partial charge in [0.2, 0.25) is 5.91 Å². The summed E-state index contributed by atoms with van der Waals surface area (Å²) in [5.41, 5.74) is -0.0908. The summed E-state index contributed by atoms with van der Waals surface area (Å²) in [4.78, 5) is 21.5. The first-order chi connectivity index (χ1) is 14.2. The number of piperazine rings is 1. The lowest BCUT2D eigenvalue weighted by molar-refractivity contribution is -0.137. The Kier molecular flexibility index (Phi) is 7.15. The Morgan fingerprint density at radius 2 is 1.90 bits per heavy atom. The summed E-state index contributed by atoms with van der Waals surface area (Å²) < 4.78 is 38.4. The van der Waals surface area contributed by atoms with Crippen molar-refractivity contribution in [2.45, 2.75) is 24.0 Å². The maximum absolute atomic E-state index is 12.8. The van der Waals surface area contributed by atoms with Crippen molar-refractivity contribution in [3.63, 3.8) is 0 Å². The molecule has 5 nitrogen and oxygen atoms in total. The van der Waals surface area contributed by atoms with Crippen LogP contribution in [0, 0.1) is 0 Å². The minimum absolute atomic E-state index is 0.0299. The third kappa shape index (κ3) is 5.19. The molecule has 1 aromatic heterocycles. The number of nitrogens with zero attached hydrogens (tertiary/aromatic N) is 3. The van der Waals surface area contributed by atoms with E-state index in [0.29, 0.717) is 32.0 Å². The first-order valence-corrected chi connectivity index (χ1v) is 11.0. The van der Waals surface area contributed by atoms with Crippen LogP contribution in [0.2, 0.25) is 5.02 Å². The second-order valence-electron chi connectivity index (χ2n) is 6.92. The number of alkyl halides is 3. The van der Waals surface area contributed by atoms with Crippen molar-refractivity contribution in [2.75, 3.05) is 42.7 Å². The highest BCUT2D eigenvalue weighted by Crippen LogP contribution is 2.34. The summed E-state index contributed by atoms with van der Waals surface area (Å²) in [7, 11) is 0. The van der Waals surface area contributed by atoms with Crippen LogP contribution in [-0.4, -0.2) is 54.3 Å². The number of amides is 1. The molecule has 162 valence electrons. The monoisotopic (exact) mass is 458 g/mol. The third-order valence-electron chi connectivity index (χ3n) is 5.05. The van der Waals surface area contributed by atoms with Crippen LogP contribution < -0.4 is 10.2 Å². The Bertz CT molecular complexity index is 904. The predicted octanol–water partition coefficient (Wildman–Crippen LogP) is 4.62. The first-order valence-electron chi connectivity index (χ1n) is 9.36. The highest BCUT2D eigenvalue weighted by Gasteiger charge is 2.33. The number of anilines is 2. The van der Waals surface area contributed by atoms with Gasteiger partial charge in [0.05, 0.1) is 22.3 Å². The fourth-order valence-corrected chi connectivity index (χ4v) is 4.13. The van der Waals surface area contributed by atoms with Crippen LogP contribution in [0.15, 0.2) is 41.4 Å². The van der Waals surface area contributed by atoms with E-state index >= 15 is 0 Å². The van der Waals surface area contributed by atoms with Crippen LogP contribution in [0.25, 0.3) is 0 Å². The average Bonchev–Trinajstić information content (AvgIpc) is 2.73. The Balaban J connectivity index is 1.60. The maximum atomic E-state index is 12.8. The molecule has 2 aromatic rings. The van der Waals surface area contributed by atoms with Gasteiger partial charge in [0.15, 0.2) is 0 Å². The van der Waals surface area contributed by atoms with Gasteiger partial charge in [-0.15, -0.1) is 11.8 Å². The van der Waals surface area contributed by atoms with Gasteiger partial charge >= 0.3 is 6.18 Å². The van der Waals surface area contributed by atoms with Gasteiger partial charge in [-0.25, -0.2) is 4.98 Å². The van der Waals surface area contributed by atoms with Crippen molar-refractivity contribution < 1.29 is 18.0 Å². The van der Waals surface area contributed by atoms with Crippen LogP contribution in [0.3, 0.4) is 0 Å². The molecule has 1 atom stereocenters. The summed E-state index contributed by atoms with van der Waals surface area (Å²) in [6, 6.07) is 8.16. The lowest BCUT2D eigenvalue weighted by atomic mass is 10.2. The number of rotatable bonds is 5. The molecule has 2 heterocycles. The Morgan fingerprint density at radius 3 is 2.50 bits per heavy atom. The highest BCUT2D eigenvalue weighted by atomic mass is 35.5. The van der Waals surface area contributed by atoms with E-state index in [1.165, 1.54) is 0 Å². The van der Waals surface area contributed by atoms with Crippen LogP contribution in [0.1, 0.15) is 12.5 Å². The zero-order chi connectivity index (χ0) is 21.9. The Morgan fingerprint density at radius 1 is 1.23 bits per heavy atom. The van der Waals surface area contributed by atoms with Gasteiger partial charge in [-0.2, -0.15) is 13.2 Å². The summed E-state index contributed by atoms with van der Waals surface area (Å²) >= 11 is 7.61. The molecule has 3 rings (SSSR count). The molecule has 0 saturated carbocycles. The van der Waals surface area contributed by atoms with Gasteiger partial charge in [0, 0.05) is 37.3 Å². The normalized spacial score (nSPS) is 16.4. The van der Waals surface area contributed by atoms with Crippen LogP contribution >= 0.6 is 23.4 Å². The number of thioether (sulfide) groups is 1. The number of aromatic nitrogens is 1. The van der Waals surface area contributed by atoms with Crippen molar-refractivity contribution in [3.05, 3.63) is 47.1 Å². The minimum Gasteiger partial charge on any atom is -0.353 e. The number of para-hydroxylation sites is 1. The SMILES string of the molecule is CSc1ccccc1NC(=O)C(C)N1CCN(c2ncc(C(F)(F)F)cc2Cl)CC1. The highest BCUT2D eigenvalue weighted by molar-refractivity contribution is 7.98. The zero-order valence-electron chi connectivity index (χ0n) is 16.5. The number of nitrogens with one attached hydrogen (secondary N) is 1. The topological polar surface area (TPSA) is 48.5 Å². The fraction of sp³-hybridized carbons (Fsp3) is 0.400. The number of halogens is 4. The number of carbonyl (C=O) groups is 1. The molecule has 0 radical (unpaired) electrons. The van der Waals surface area contributed by atoms with E-state index in [1.807, 2.05) is 47.2 Å². The van der Waals surface area contributed by atoms with Crippen molar-refractivity contribution in [1.82, 2.24) is 9.88 Å². The third-order valence-corrected chi connectivity index (χ3v) is 6.13. The van der Waals surface area contributed by atoms with Gasteiger partial charge in [0.1, 0.15) is 5.82 Å². The zero-order valence-corrected chi connectivity index (χ0v) is 18.1. The lowest BCUT2D eigenvalue weighted by Crippen LogP contribution is -2.53. The van der Waals surface area contributed by atoms with E-state index < -0.39 is 11.7 Å². The number of carbonyl (C=O) groups excluding carboxylic acids is 1. The molecule has 30 heavy (non-hydrogen) atoms. The van der Waals surface area contributed by atoms with E-state index in [-0.39, 0.29) is 17.0 Å². The predicted molar refractivity (Wildman–Crippen MR) is 114 cm³/mol. The molecule has 1 aliphatic heterocycles. The Hall–Kier alpha value is -1.97. The second kappa shape index (κ2) is 9.45. The van der Waals surface area contributed by atoms with Crippen molar-refractivity contribution >= 4 is 40.8 Å². The maximum Gasteiger partial charge on any atom is 0.417 e. The first kappa shape index (κ1) is 22.7. The van der Waals surface area contributed by atoms with Crippen molar-refractivity contribution in [2.24, 2.45) is 0 Å². The summed E-state index contributed by atoms with van der Waals surface area (Å²) in [5.74, 6) is 0.228. The molecule has 1 N–H and O–H groups in total. The molecule has 0 aliphatic carbocycles. The molecule has 10 heteroatoms. The Labute approximate surface area is 182 Å². The molecule has 1 fully saturated rings. The van der Waals surface area contributed by atoms with E-state index in [4.69, 9.17) is 11.6 Å². The van der Waals surface area contributed by atoms with Crippen LogP contribution in [-0.2, 0) is 11.0 Å². The molecule has 1 aliphatic rings. The molecule has 1 unspecified atom stereocenters. The molecule has 1 saturated heterocycles. The number of benzene rings is 1. The van der Waals surface area contributed by atoms with E-state index in [0.717, 1.165) is 22.8 Å². The molecule has 0 spiro atoms. The molecule has 0 bridgehead atoms. The quantitative estimate of drug-likeness (QED) is 0.662. The summed E-state index contributed by atoms with van der Waals surface area (Å²) in [6.45, 7) is 4.00. The van der Waals surface area contributed by atoms with Gasteiger partial charge < -0.3 is 10.2 Å².